The Hall–Kier alpha value is -2.44. The number of nitrogens with zero attached hydrogens (tertiary/aromatic N) is 2. The Balaban J connectivity index is 1.35. The second-order valence-electron chi connectivity index (χ2n) is 6.68. The number of thiazole rings is 1. The first-order chi connectivity index (χ1) is 12.7. The van der Waals surface area contributed by atoms with Gasteiger partial charge in [-0.1, -0.05) is 24.8 Å². The van der Waals surface area contributed by atoms with E-state index in [2.05, 4.69) is 57.2 Å². The Morgan fingerprint density at radius 3 is 3.00 bits per heavy atom. The van der Waals surface area contributed by atoms with E-state index in [4.69, 9.17) is 0 Å². The molecule has 2 aromatic heterocycles. The van der Waals surface area contributed by atoms with Gasteiger partial charge < -0.3 is 4.98 Å². The van der Waals surface area contributed by atoms with Gasteiger partial charge in [-0.2, -0.15) is 0 Å². The van der Waals surface area contributed by atoms with Gasteiger partial charge >= 0.3 is 0 Å². The summed E-state index contributed by atoms with van der Waals surface area (Å²) in [5.74, 6) is 0.394. The van der Waals surface area contributed by atoms with Crippen molar-refractivity contribution in [1.29, 1.82) is 0 Å². The zero-order chi connectivity index (χ0) is 17.9. The maximum absolute atomic E-state index is 11.3. The molecule has 4 rings (SSSR count). The third kappa shape index (κ3) is 3.57. The van der Waals surface area contributed by atoms with E-state index in [1.165, 1.54) is 33.9 Å². The molecule has 0 saturated carbocycles. The van der Waals surface area contributed by atoms with Gasteiger partial charge in [0, 0.05) is 29.0 Å². The Morgan fingerprint density at radius 1 is 1.38 bits per heavy atom. The molecule has 1 saturated heterocycles. The topological polar surface area (TPSA) is 61.0 Å². The number of nitrogens with one attached hydrogen (secondary N) is 2. The minimum atomic E-state index is -0.217. The van der Waals surface area contributed by atoms with E-state index < -0.39 is 0 Å². The first kappa shape index (κ1) is 17.0. The summed E-state index contributed by atoms with van der Waals surface area (Å²) in [6.45, 7) is 6.42. The summed E-state index contributed by atoms with van der Waals surface area (Å²) in [5.41, 5.74) is 3.68. The lowest BCUT2D eigenvalue weighted by Crippen LogP contribution is -2.32. The number of benzene rings is 1. The number of carbonyl (C=O) groups excluding carboxylic acids is 1. The summed E-state index contributed by atoms with van der Waals surface area (Å²) in [7, 11) is 0. The van der Waals surface area contributed by atoms with Crippen LogP contribution in [0.3, 0.4) is 0 Å². The molecule has 1 amide bonds. The number of anilines is 1. The summed E-state index contributed by atoms with van der Waals surface area (Å²) >= 11 is 1.46. The lowest BCUT2D eigenvalue weighted by atomic mass is 9.89. The molecule has 3 aromatic rings. The number of aromatic nitrogens is 2. The fraction of sp³-hybridized carbons (Fsp3) is 0.300. The molecule has 0 unspecified atom stereocenters. The van der Waals surface area contributed by atoms with Crippen LogP contribution < -0.4 is 5.32 Å². The molecule has 134 valence electrons. The molecular formula is C20H22N4OS. The molecule has 0 aliphatic carbocycles. The maximum Gasteiger partial charge on any atom is 0.249 e. The van der Waals surface area contributed by atoms with E-state index in [1.807, 2.05) is 5.38 Å². The maximum atomic E-state index is 11.3. The number of carbonyl (C=O) groups is 1. The van der Waals surface area contributed by atoms with Crippen molar-refractivity contribution in [2.24, 2.45) is 0 Å². The first-order valence-electron chi connectivity index (χ1n) is 8.89. The van der Waals surface area contributed by atoms with Crippen LogP contribution in [0.4, 0.5) is 5.13 Å². The van der Waals surface area contributed by atoms with E-state index in [-0.39, 0.29) is 5.91 Å². The fourth-order valence-electron chi connectivity index (χ4n) is 3.66. The van der Waals surface area contributed by atoms with E-state index >= 15 is 0 Å². The van der Waals surface area contributed by atoms with Crippen LogP contribution in [0.5, 0.6) is 0 Å². The number of hydrogen-bond donors (Lipinski definition) is 2. The molecule has 5 nitrogen and oxygen atoms in total. The van der Waals surface area contributed by atoms with Crippen LogP contribution in [0.1, 0.15) is 30.0 Å². The van der Waals surface area contributed by atoms with Crippen molar-refractivity contribution in [2.75, 3.05) is 18.4 Å². The van der Waals surface area contributed by atoms with Crippen molar-refractivity contribution < 1.29 is 4.79 Å². The molecule has 0 atom stereocenters. The second kappa shape index (κ2) is 7.43. The number of H-pyrrole nitrogens is 1. The molecule has 0 spiro atoms. The van der Waals surface area contributed by atoms with Crippen molar-refractivity contribution >= 4 is 33.3 Å². The van der Waals surface area contributed by atoms with Crippen molar-refractivity contribution in [3.63, 3.8) is 0 Å². The Morgan fingerprint density at radius 2 is 2.19 bits per heavy atom. The van der Waals surface area contributed by atoms with Gasteiger partial charge in [-0.3, -0.25) is 15.0 Å². The van der Waals surface area contributed by atoms with Gasteiger partial charge in [-0.15, -0.1) is 11.3 Å². The van der Waals surface area contributed by atoms with E-state index in [9.17, 15) is 4.79 Å². The molecule has 2 N–H and O–H groups in total. The molecule has 1 aliphatic rings. The van der Waals surface area contributed by atoms with Gasteiger partial charge in [0.05, 0.1) is 5.69 Å². The average molecular weight is 366 g/mol. The second-order valence-corrected chi connectivity index (χ2v) is 7.54. The van der Waals surface area contributed by atoms with E-state index in [1.54, 1.807) is 0 Å². The SMILES string of the molecule is C=CC(=O)Nc1nc(CN2CCC(c3c[nH]c4ccccc34)CC2)cs1. The first-order valence-corrected chi connectivity index (χ1v) is 9.77. The van der Waals surface area contributed by atoms with Crippen LogP contribution >= 0.6 is 11.3 Å². The standard InChI is InChI=1S/C20H22N4OS/c1-2-19(25)23-20-22-15(13-26-20)12-24-9-7-14(8-10-24)17-11-21-18-6-4-3-5-16(17)18/h2-6,11,13-14,21H,1,7-10,12H2,(H,22,23,25). The smallest absolute Gasteiger partial charge is 0.249 e. The van der Waals surface area contributed by atoms with Crippen molar-refractivity contribution in [3.8, 4) is 0 Å². The lowest BCUT2D eigenvalue weighted by Gasteiger charge is -2.31. The number of rotatable bonds is 5. The molecule has 0 radical (unpaired) electrons. The summed E-state index contributed by atoms with van der Waals surface area (Å²) in [4.78, 5) is 21.7. The Labute approximate surface area is 156 Å². The fourth-order valence-corrected chi connectivity index (χ4v) is 4.36. The normalized spacial score (nSPS) is 16.0. The highest BCUT2D eigenvalue weighted by Gasteiger charge is 2.23. The van der Waals surface area contributed by atoms with Gasteiger partial charge in [-0.25, -0.2) is 4.98 Å². The molecule has 1 aliphatic heterocycles. The number of piperidine rings is 1. The highest BCUT2D eigenvalue weighted by molar-refractivity contribution is 7.13. The lowest BCUT2D eigenvalue weighted by molar-refractivity contribution is -0.111. The van der Waals surface area contributed by atoms with Crippen molar-refractivity contribution in [3.05, 3.63) is 59.8 Å². The van der Waals surface area contributed by atoms with Crippen LogP contribution in [0.25, 0.3) is 10.9 Å². The molecule has 0 bridgehead atoms. The van der Waals surface area contributed by atoms with Gasteiger partial charge in [-0.05, 0) is 49.6 Å². The van der Waals surface area contributed by atoms with Gasteiger partial charge in [0.1, 0.15) is 0 Å². The number of hydrogen-bond acceptors (Lipinski definition) is 4. The molecular weight excluding hydrogens is 344 g/mol. The monoisotopic (exact) mass is 366 g/mol. The number of likely N-dealkylation sites (tertiary alicyclic amines) is 1. The number of para-hydroxylation sites is 1. The molecule has 1 fully saturated rings. The minimum Gasteiger partial charge on any atom is -0.361 e. The quantitative estimate of drug-likeness (QED) is 0.668. The Kier molecular flexibility index (Phi) is 4.86. The van der Waals surface area contributed by atoms with Gasteiger partial charge in [0.25, 0.3) is 0 Å². The van der Waals surface area contributed by atoms with E-state index in [0.717, 1.165) is 38.2 Å². The molecule has 3 heterocycles. The van der Waals surface area contributed by atoms with Crippen molar-refractivity contribution in [2.45, 2.75) is 25.3 Å². The van der Waals surface area contributed by atoms with Gasteiger partial charge in [0.15, 0.2) is 5.13 Å². The third-order valence-corrected chi connectivity index (χ3v) is 5.81. The summed E-state index contributed by atoms with van der Waals surface area (Å²) in [6, 6.07) is 8.53. The molecule has 26 heavy (non-hydrogen) atoms. The molecule has 6 heteroatoms. The number of aromatic amines is 1. The van der Waals surface area contributed by atoms with Crippen LogP contribution in [0.2, 0.25) is 0 Å². The molecule has 1 aromatic carbocycles. The highest BCUT2D eigenvalue weighted by Crippen LogP contribution is 2.33. The number of amides is 1. The Bertz CT molecular complexity index is 921. The van der Waals surface area contributed by atoms with Crippen molar-refractivity contribution in [1.82, 2.24) is 14.9 Å². The largest absolute Gasteiger partial charge is 0.361 e. The zero-order valence-electron chi connectivity index (χ0n) is 14.6. The summed E-state index contributed by atoms with van der Waals surface area (Å²) < 4.78 is 0. The van der Waals surface area contributed by atoms with Crippen LogP contribution in [0.15, 0.2) is 48.5 Å². The third-order valence-electron chi connectivity index (χ3n) is 5.00. The average Bonchev–Trinajstić information content (AvgIpc) is 3.29. The van der Waals surface area contributed by atoms with Gasteiger partial charge in [0.2, 0.25) is 5.91 Å². The highest BCUT2D eigenvalue weighted by atomic mass is 32.1. The predicted octanol–water partition coefficient (Wildman–Crippen LogP) is 4.13. The summed E-state index contributed by atoms with van der Waals surface area (Å²) in [5, 5.41) is 6.73. The van der Waals surface area contributed by atoms with Crippen LogP contribution in [-0.4, -0.2) is 33.9 Å². The van der Waals surface area contributed by atoms with Crippen LogP contribution in [0, 0.1) is 0 Å². The van der Waals surface area contributed by atoms with Crippen LogP contribution in [-0.2, 0) is 11.3 Å². The number of fused-ring (bicyclic) bond motifs is 1. The minimum absolute atomic E-state index is 0.217. The summed E-state index contributed by atoms with van der Waals surface area (Å²) in [6.07, 6.45) is 5.76. The van der Waals surface area contributed by atoms with E-state index in [0.29, 0.717) is 11.0 Å². The zero-order valence-corrected chi connectivity index (χ0v) is 15.4. The predicted molar refractivity (Wildman–Crippen MR) is 106 cm³/mol.